The Hall–Kier alpha value is -2.35. The monoisotopic (exact) mass is 356 g/mol. The number of halogens is 1. The second kappa shape index (κ2) is 7.48. The van der Waals surface area contributed by atoms with Crippen molar-refractivity contribution in [3.05, 3.63) is 23.7 Å². The molecule has 0 radical (unpaired) electrons. The highest BCUT2D eigenvalue weighted by atomic mass is 35.5. The number of rotatable bonds is 5. The summed E-state index contributed by atoms with van der Waals surface area (Å²) in [6.07, 6.45) is 2.85. The Morgan fingerprint density at radius 1 is 1.33 bits per heavy atom. The smallest absolute Gasteiger partial charge is 0.322 e. The van der Waals surface area contributed by atoms with Crippen LogP contribution in [0.4, 0.5) is 0 Å². The predicted octanol–water partition coefficient (Wildman–Crippen LogP) is 1.65. The Kier molecular flexibility index (Phi) is 6.14. The molecule has 0 atom stereocenters. The van der Waals surface area contributed by atoms with Gasteiger partial charge < -0.3 is 15.5 Å². The number of fused-ring (bicyclic) bond motifs is 1. The molecule has 2 aromatic rings. The van der Waals surface area contributed by atoms with E-state index < -0.39 is 18.4 Å². The van der Waals surface area contributed by atoms with Crippen LogP contribution >= 0.6 is 12.4 Å². The van der Waals surface area contributed by atoms with E-state index in [1.165, 1.54) is 16.9 Å². The Bertz CT molecular complexity index is 752. The van der Waals surface area contributed by atoms with Gasteiger partial charge in [0.2, 0.25) is 0 Å². The number of pyridine rings is 1. The highest BCUT2D eigenvalue weighted by Crippen LogP contribution is 2.27. The van der Waals surface area contributed by atoms with Crippen molar-refractivity contribution in [2.75, 3.05) is 6.54 Å². The van der Waals surface area contributed by atoms with Crippen molar-refractivity contribution in [2.24, 2.45) is 5.41 Å². The lowest BCUT2D eigenvalue weighted by atomic mass is 9.89. The van der Waals surface area contributed by atoms with Crippen LogP contribution in [0.1, 0.15) is 43.2 Å². The number of aryl methyl sites for hydroxylation is 1. The van der Waals surface area contributed by atoms with E-state index in [4.69, 9.17) is 5.11 Å². The van der Waals surface area contributed by atoms with Crippen molar-refractivity contribution >= 4 is 29.9 Å². The SMILES string of the molecule is CC(C)(C)CCc1cc(O)c(C(=O)NCC(=O)O)n2ncnc12.Cl. The quantitative estimate of drug-likeness (QED) is 0.750. The van der Waals surface area contributed by atoms with E-state index in [9.17, 15) is 14.7 Å². The fraction of sp³-hybridized carbons (Fsp3) is 0.467. The van der Waals surface area contributed by atoms with Crippen LogP contribution in [0.2, 0.25) is 0 Å². The maximum atomic E-state index is 12.1. The van der Waals surface area contributed by atoms with Crippen LogP contribution in [0.3, 0.4) is 0 Å². The third-order valence-electron chi connectivity index (χ3n) is 3.36. The number of hydrogen-bond acceptors (Lipinski definition) is 5. The van der Waals surface area contributed by atoms with Gasteiger partial charge in [0.1, 0.15) is 18.6 Å². The molecule has 132 valence electrons. The summed E-state index contributed by atoms with van der Waals surface area (Å²) in [5.41, 5.74) is 1.25. The first-order valence-corrected chi connectivity index (χ1v) is 7.23. The number of aromatic nitrogens is 3. The summed E-state index contributed by atoms with van der Waals surface area (Å²) in [6.45, 7) is 5.80. The number of amides is 1. The number of carbonyl (C=O) groups excluding carboxylic acids is 1. The zero-order valence-electron chi connectivity index (χ0n) is 13.7. The minimum atomic E-state index is -1.17. The summed E-state index contributed by atoms with van der Waals surface area (Å²) < 4.78 is 1.24. The van der Waals surface area contributed by atoms with Gasteiger partial charge in [-0.1, -0.05) is 20.8 Å². The molecule has 0 aromatic carbocycles. The largest absolute Gasteiger partial charge is 0.505 e. The summed E-state index contributed by atoms with van der Waals surface area (Å²) in [4.78, 5) is 26.8. The zero-order valence-corrected chi connectivity index (χ0v) is 14.6. The second-order valence-electron chi connectivity index (χ2n) is 6.54. The molecule has 0 unspecified atom stereocenters. The molecule has 0 saturated heterocycles. The molecular weight excluding hydrogens is 336 g/mol. The summed E-state index contributed by atoms with van der Waals surface area (Å²) >= 11 is 0. The number of nitrogens with one attached hydrogen (secondary N) is 1. The molecule has 8 nitrogen and oxygen atoms in total. The van der Waals surface area contributed by atoms with Gasteiger partial charge in [-0.05, 0) is 24.3 Å². The maximum absolute atomic E-state index is 12.1. The average molecular weight is 357 g/mol. The van der Waals surface area contributed by atoms with Crippen molar-refractivity contribution in [1.82, 2.24) is 19.9 Å². The summed E-state index contributed by atoms with van der Waals surface area (Å²) in [6, 6.07) is 1.49. The number of carbonyl (C=O) groups is 2. The molecule has 0 fully saturated rings. The standard InChI is InChI=1S/C15H20N4O4.ClH/c1-15(2,3)5-4-9-6-10(20)12(14(23)16-7-11(21)22)19-13(9)17-8-18-19;/h6,8,20H,4-5,7H2,1-3H3,(H,16,23)(H,21,22);1H. The van der Waals surface area contributed by atoms with Gasteiger partial charge in [-0.3, -0.25) is 9.59 Å². The van der Waals surface area contributed by atoms with Crippen molar-refractivity contribution in [3.8, 4) is 5.75 Å². The molecule has 0 spiro atoms. The highest BCUT2D eigenvalue weighted by molar-refractivity contribution is 5.97. The number of carboxylic acid groups (broad SMARTS) is 1. The van der Waals surface area contributed by atoms with Crippen LogP contribution in [0.25, 0.3) is 5.65 Å². The van der Waals surface area contributed by atoms with Gasteiger partial charge in [0.25, 0.3) is 5.91 Å². The molecule has 2 rings (SSSR count). The highest BCUT2D eigenvalue weighted by Gasteiger charge is 2.21. The van der Waals surface area contributed by atoms with Gasteiger partial charge >= 0.3 is 5.97 Å². The Balaban J connectivity index is 0.00000288. The number of hydrogen-bond donors (Lipinski definition) is 3. The zero-order chi connectivity index (χ0) is 17.2. The lowest BCUT2D eigenvalue weighted by Gasteiger charge is -2.18. The van der Waals surface area contributed by atoms with Crippen LogP contribution in [0.5, 0.6) is 5.75 Å². The van der Waals surface area contributed by atoms with E-state index in [1.807, 2.05) is 0 Å². The fourth-order valence-electron chi connectivity index (χ4n) is 2.18. The lowest BCUT2D eigenvalue weighted by molar-refractivity contribution is -0.135. The molecular formula is C15H21ClN4O4. The molecule has 1 amide bonds. The van der Waals surface area contributed by atoms with Crippen molar-refractivity contribution in [2.45, 2.75) is 33.6 Å². The Morgan fingerprint density at radius 3 is 2.58 bits per heavy atom. The summed E-state index contributed by atoms with van der Waals surface area (Å²) in [5.74, 6) is -2.15. The molecule has 2 aromatic heterocycles. The van der Waals surface area contributed by atoms with E-state index in [1.54, 1.807) is 0 Å². The van der Waals surface area contributed by atoms with Gasteiger partial charge in [-0.25, -0.2) is 9.50 Å². The predicted molar refractivity (Wildman–Crippen MR) is 89.6 cm³/mol. The van der Waals surface area contributed by atoms with Gasteiger partial charge in [-0.15, -0.1) is 12.4 Å². The molecule has 0 aliphatic heterocycles. The molecule has 0 aliphatic carbocycles. The topological polar surface area (TPSA) is 117 Å². The molecule has 0 aliphatic rings. The van der Waals surface area contributed by atoms with E-state index in [0.717, 1.165) is 12.0 Å². The van der Waals surface area contributed by atoms with Crippen LogP contribution < -0.4 is 5.32 Å². The van der Waals surface area contributed by atoms with Crippen LogP contribution in [0.15, 0.2) is 12.4 Å². The van der Waals surface area contributed by atoms with Crippen LogP contribution in [-0.4, -0.2) is 43.2 Å². The molecule has 0 bridgehead atoms. The van der Waals surface area contributed by atoms with Crippen molar-refractivity contribution in [3.63, 3.8) is 0 Å². The van der Waals surface area contributed by atoms with E-state index in [2.05, 4.69) is 36.2 Å². The molecule has 9 heteroatoms. The van der Waals surface area contributed by atoms with Gasteiger partial charge in [-0.2, -0.15) is 5.10 Å². The molecule has 0 saturated carbocycles. The fourth-order valence-corrected chi connectivity index (χ4v) is 2.18. The first-order valence-electron chi connectivity index (χ1n) is 7.23. The second-order valence-corrected chi connectivity index (χ2v) is 6.54. The molecule has 24 heavy (non-hydrogen) atoms. The average Bonchev–Trinajstić information content (AvgIpc) is 2.90. The van der Waals surface area contributed by atoms with Crippen molar-refractivity contribution < 1.29 is 19.8 Å². The van der Waals surface area contributed by atoms with Gasteiger partial charge in [0.15, 0.2) is 11.3 Å². The first-order chi connectivity index (χ1) is 10.7. The summed E-state index contributed by atoms with van der Waals surface area (Å²) in [5, 5.41) is 25.0. The van der Waals surface area contributed by atoms with E-state index in [-0.39, 0.29) is 29.3 Å². The van der Waals surface area contributed by atoms with E-state index >= 15 is 0 Å². The third-order valence-corrected chi connectivity index (χ3v) is 3.36. The van der Waals surface area contributed by atoms with Gasteiger partial charge in [0, 0.05) is 5.56 Å². The number of aliphatic carboxylic acids is 1. The number of aromatic hydroxyl groups is 1. The van der Waals surface area contributed by atoms with Crippen molar-refractivity contribution in [1.29, 1.82) is 0 Å². The molecule has 3 N–H and O–H groups in total. The van der Waals surface area contributed by atoms with Crippen LogP contribution in [0, 0.1) is 5.41 Å². The normalized spacial score (nSPS) is 11.1. The maximum Gasteiger partial charge on any atom is 0.322 e. The number of carboxylic acids is 1. The Labute approximate surface area is 145 Å². The molecule has 2 heterocycles. The minimum Gasteiger partial charge on any atom is -0.505 e. The Morgan fingerprint density at radius 2 is 2.00 bits per heavy atom. The third kappa shape index (κ3) is 4.58. The van der Waals surface area contributed by atoms with Crippen LogP contribution in [-0.2, 0) is 11.2 Å². The minimum absolute atomic E-state index is 0. The summed E-state index contributed by atoms with van der Waals surface area (Å²) in [7, 11) is 0. The van der Waals surface area contributed by atoms with E-state index in [0.29, 0.717) is 12.1 Å². The lowest BCUT2D eigenvalue weighted by Crippen LogP contribution is -2.31. The number of nitrogens with zero attached hydrogens (tertiary/aromatic N) is 3. The first kappa shape index (κ1) is 19.7. The van der Waals surface area contributed by atoms with Gasteiger partial charge in [0.05, 0.1) is 0 Å².